The minimum absolute atomic E-state index is 0. The second-order valence-corrected chi connectivity index (χ2v) is 10.3. The minimum Gasteiger partial charge on any atom is -0.493 e. The average Bonchev–Trinajstić information content (AvgIpc) is 3.32. The van der Waals surface area contributed by atoms with Gasteiger partial charge in [0.25, 0.3) is 5.56 Å². The summed E-state index contributed by atoms with van der Waals surface area (Å²) in [4.78, 5) is 29.1. The molecular formula is C32H42ClN3O9. The van der Waals surface area contributed by atoms with Crippen molar-refractivity contribution >= 4 is 35.2 Å². The van der Waals surface area contributed by atoms with Crippen molar-refractivity contribution in [2.45, 2.75) is 38.3 Å². The maximum Gasteiger partial charge on any atom is 0.331 e. The van der Waals surface area contributed by atoms with Crippen LogP contribution >= 0.6 is 12.4 Å². The minimum atomic E-state index is -0.644. The molecule has 2 aromatic carbocycles. The topological polar surface area (TPSA) is 120 Å². The molecule has 0 bridgehead atoms. The Morgan fingerprint density at radius 2 is 1.36 bits per heavy atom. The monoisotopic (exact) mass is 647 g/mol. The molecule has 1 aliphatic rings. The summed E-state index contributed by atoms with van der Waals surface area (Å²) < 4.78 is 39.9. The van der Waals surface area contributed by atoms with Gasteiger partial charge >= 0.3 is 5.97 Å². The summed E-state index contributed by atoms with van der Waals surface area (Å²) >= 11 is 0. The lowest BCUT2D eigenvalue weighted by atomic mass is 10.1. The van der Waals surface area contributed by atoms with E-state index in [0.29, 0.717) is 57.4 Å². The number of hydrogen-bond donors (Lipinski definition) is 0. The number of esters is 1. The van der Waals surface area contributed by atoms with Crippen LogP contribution in [0, 0.1) is 0 Å². The number of ether oxygens (including phenoxy) is 7. The van der Waals surface area contributed by atoms with Crippen LogP contribution in [0.1, 0.15) is 31.2 Å². The summed E-state index contributed by atoms with van der Waals surface area (Å²) in [6.45, 7) is 2.31. The second kappa shape index (κ2) is 16.8. The highest BCUT2D eigenvalue weighted by molar-refractivity contribution is 5.92. The third kappa shape index (κ3) is 8.31. The number of methoxy groups -OCH3 is 6. The van der Waals surface area contributed by atoms with Gasteiger partial charge in [0.05, 0.1) is 66.2 Å². The van der Waals surface area contributed by atoms with Gasteiger partial charge in [-0.2, -0.15) is 5.10 Å². The van der Waals surface area contributed by atoms with E-state index in [0.717, 1.165) is 38.8 Å². The van der Waals surface area contributed by atoms with E-state index < -0.39 is 12.1 Å². The van der Waals surface area contributed by atoms with E-state index >= 15 is 0 Å². The van der Waals surface area contributed by atoms with Gasteiger partial charge in [0.2, 0.25) is 11.5 Å². The van der Waals surface area contributed by atoms with E-state index in [1.807, 2.05) is 0 Å². The molecule has 1 aliphatic heterocycles. The summed E-state index contributed by atoms with van der Waals surface area (Å²) in [6, 6.07) is 5.07. The van der Waals surface area contributed by atoms with Crippen molar-refractivity contribution in [1.82, 2.24) is 14.7 Å². The first-order valence-electron chi connectivity index (χ1n) is 14.5. The Kier molecular flexibility index (Phi) is 13.2. The summed E-state index contributed by atoms with van der Waals surface area (Å²) in [5.41, 5.74) is 0.290. The van der Waals surface area contributed by atoms with Crippen molar-refractivity contribution in [2.24, 2.45) is 0 Å². The number of nitrogens with zero attached hydrogens (tertiary/aromatic N) is 3. The van der Waals surface area contributed by atoms with Gasteiger partial charge in [0.15, 0.2) is 23.0 Å². The van der Waals surface area contributed by atoms with Gasteiger partial charge in [-0.05, 0) is 55.8 Å². The number of benzene rings is 2. The lowest BCUT2D eigenvalue weighted by Crippen LogP contribution is -2.40. The van der Waals surface area contributed by atoms with Crippen molar-refractivity contribution in [3.8, 4) is 34.5 Å². The highest BCUT2D eigenvalue weighted by atomic mass is 35.5. The SMILES string of the molecule is COc1cc(C=CC(=O)OC(CN2CCCCCC2)Cn2ncc3c(OC)c(OC)c(OC)cc3c2=O)cc(OC)c1OC.Cl. The second-order valence-electron chi connectivity index (χ2n) is 10.3. The fourth-order valence-electron chi connectivity index (χ4n) is 5.43. The van der Waals surface area contributed by atoms with E-state index in [9.17, 15) is 9.59 Å². The van der Waals surface area contributed by atoms with Crippen LogP contribution in [0.15, 0.2) is 35.3 Å². The zero-order valence-electron chi connectivity index (χ0n) is 26.6. The number of fused-ring (bicyclic) bond motifs is 1. The first kappa shape index (κ1) is 35.3. The molecule has 12 nitrogen and oxygen atoms in total. The van der Waals surface area contributed by atoms with Gasteiger partial charge in [-0.25, -0.2) is 9.48 Å². The van der Waals surface area contributed by atoms with Gasteiger partial charge in [0, 0.05) is 12.6 Å². The van der Waals surface area contributed by atoms with Gasteiger partial charge < -0.3 is 33.2 Å². The van der Waals surface area contributed by atoms with Crippen molar-refractivity contribution in [3.63, 3.8) is 0 Å². The molecule has 0 amide bonds. The fourth-order valence-corrected chi connectivity index (χ4v) is 5.43. The Labute approximate surface area is 269 Å². The first-order valence-corrected chi connectivity index (χ1v) is 14.5. The molecule has 13 heteroatoms. The molecule has 1 atom stereocenters. The molecule has 0 radical (unpaired) electrons. The molecule has 1 unspecified atom stereocenters. The number of rotatable bonds is 13. The van der Waals surface area contributed by atoms with Crippen LogP contribution in [0.5, 0.6) is 34.5 Å². The fraction of sp³-hybridized carbons (Fsp3) is 0.469. The Balaban J connectivity index is 0.00000552. The predicted octanol–water partition coefficient (Wildman–Crippen LogP) is 4.37. The van der Waals surface area contributed by atoms with Crippen LogP contribution in [0.2, 0.25) is 0 Å². The average molecular weight is 648 g/mol. The highest BCUT2D eigenvalue weighted by Crippen LogP contribution is 2.42. The highest BCUT2D eigenvalue weighted by Gasteiger charge is 2.23. The normalized spacial score (nSPS) is 14.3. The summed E-state index contributed by atoms with van der Waals surface area (Å²) in [6.07, 6.45) is 8.32. The van der Waals surface area contributed by atoms with Crippen LogP contribution < -0.4 is 34.0 Å². The zero-order chi connectivity index (χ0) is 31.6. The molecule has 0 N–H and O–H groups in total. The third-order valence-electron chi connectivity index (χ3n) is 7.58. The summed E-state index contributed by atoms with van der Waals surface area (Å²) in [5, 5.41) is 5.24. The quantitative estimate of drug-likeness (QED) is 0.194. The van der Waals surface area contributed by atoms with Gasteiger partial charge in [0.1, 0.15) is 6.10 Å². The van der Waals surface area contributed by atoms with E-state index in [2.05, 4.69) is 10.00 Å². The van der Waals surface area contributed by atoms with Crippen LogP contribution in [0.4, 0.5) is 0 Å². The molecular weight excluding hydrogens is 606 g/mol. The van der Waals surface area contributed by atoms with Crippen molar-refractivity contribution in [2.75, 3.05) is 62.3 Å². The van der Waals surface area contributed by atoms with Crippen LogP contribution in [-0.2, 0) is 16.1 Å². The zero-order valence-corrected chi connectivity index (χ0v) is 27.4. The Morgan fingerprint density at radius 3 is 1.91 bits per heavy atom. The van der Waals surface area contributed by atoms with Crippen LogP contribution in [0.25, 0.3) is 16.8 Å². The molecule has 4 rings (SSSR count). The maximum absolute atomic E-state index is 13.7. The molecule has 2 heterocycles. The number of hydrogen-bond acceptors (Lipinski definition) is 11. The van der Waals surface area contributed by atoms with E-state index in [1.165, 1.54) is 53.4 Å². The lowest BCUT2D eigenvalue weighted by molar-refractivity contribution is -0.144. The Morgan fingerprint density at radius 1 is 0.778 bits per heavy atom. The standard InChI is InChI=1S/C32H41N3O9.ClH/c1-38-25-15-21(16-26(39-2)30(25)42-5)11-12-28(36)44-22(19-34-13-9-7-8-10-14-34)20-35-32(37)23-17-27(40-3)31(43-6)29(41-4)24(23)18-33-35;/h11-12,15-18,22H,7-10,13-14,19-20H2,1-6H3;1H. The number of halogens is 1. The first-order chi connectivity index (χ1) is 21.4. The number of carbonyl (C=O) groups is 1. The molecule has 3 aromatic rings. The summed E-state index contributed by atoms with van der Waals surface area (Å²) in [7, 11) is 9.06. The van der Waals surface area contributed by atoms with E-state index in [-0.39, 0.29) is 24.5 Å². The Hall–Kier alpha value is -4.16. The molecule has 1 saturated heterocycles. The Bertz CT molecular complexity index is 1510. The smallest absolute Gasteiger partial charge is 0.331 e. The lowest BCUT2D eigenvalue weighted by Gasteiger charge is -2.26. The van der Waals surface area contributed by atoms with Crippen molar-refractivity contribution in [3.05, 3.63) is 46.4 Å². The predicted molar refractivity (Wildman–Crippen MR) is 173 cm³/mol. The largest absolute Gasteiger partial charge is 0.493 e. The van der Waals surface area contributed by atoms with E-state index in [4.69, 9.17) is 33.2 Å². The number of aromatic nitrogens is 2. The third-order valence-corrected chi connectivity index (χ3v) is 7.58. The molecule has 1 fully saturated rings. The molecule has 246 valence electrons. The molecule has 0 saturated carbocycles. The molecule has 0 spiro atoms. The number of carbonyl (C=O) groups excluding carboxylic acids is 1. The van der Waals surface area contributed by atoms with Gasteiger partial charge in [-0.15, -0.1) is 12.4 Å². The van der Waals surface area contributed by atoms with Crippen LogP contribution in [-0.4, -0.2) is 89.0 Å². The molecule has 0 aliphatic carbocycles. The van der Waals surface area contributed by atoms with Crippen LogP contribution in [0.3, 0.4) is 0 Å². The van der Waals surface area contributed by atoms with Crippen molar-refractivity contribution < 1.29 is 38.0 Å². The maximum atomic E-state index is 13.7. The summed E-state index contributed by atoms with van der Waals surface area (Å²) in [5.74, 6) is 1.90. The van der Waals surface area contributed by atoms with E-state index in [1.54, 1.807) is 30.5 Å². The molecule has 1 aromatic heterocycles. The molecule has 45 heavy (non-hydrogen) atoms. The van der Waals surface area contributed by atoms with Crippen molar-refractivity contribution in [1.29, 1.82) is 0 Å². The van der Waals surface area contributed by atoms with Gasteiger partial charge in [-0.1, -0.05) is 12.8 Å². The number of likely N-dealkylation sites (tertiary alicyclic amines) is 1. The van der Waals surface area contributed by atoms with Gasteiger partial charge in [-0.3, -0.25) is 9.69 Å².